The van der Waals surface area contributed by atoms with Crippen molar-refractivity contribution in [2.24, 2.45) is 5.92 Å². The van der Waals surface area contributed by atoms with Crippen LogP contribution >= 0.6 is 0 Å². The minimum Gasteiger partial charge on any atom is -0.457 e. The fourth-order valence-electron chi connectivity index (χ4n) is 2.64. The highest BCUT2D eigenvalue weighted by Crippen LogP contribution is 2.23. The molecule has 0 aromatic heterocycles. The molecule has 0 aliphatic carbocycles. The highest BCUT2D eigenvalue weighted by molar-refractivity contribution is 5.78. The molecule has 1 saturated heterocycles. The number of hydrogen-bond donors (Lipinski definition) is 1. The first-order valence-corrected chi connectivity index (χ1v) is 7.45. The van der Waals surface area contributed by atoms with Gasteiger partial charge in [0.2, 0.25) is 5.91 Å². The van der Waals surface area contributed by atoms with E-state index in [1.807, 2.05) is 54.6 Å². The normalized spacial score (nSPS) is 17.8. The van der Waals surface area contributed by atoms with Crippen molar-refractivity contribution >= 4 is 5.91 Å². The van der Waals surface area contributed by atoms with Gasteiger partial charge in [-0.1, -0.05) is 30.3 Å². The van der Waals surface area contributed by atoms with E-state index in [1.165, 1.54) is 0 Å². The lowest BCUT2D eigenvalue weighted by molar-refractivity contribution is -0.128. The van der Waals surface area contributed by atoms with E-state index >= 15 is 0 Å². The van der Waals surface area contributed by atoms with E-state index in [2.05, 4.69) is 0 Å². The van der Waals surface area contributed by atoms with Gasteiger partial charge in [-0.15, -0.1) is 0 Å². The lowest BCUT2D eigenvalue weighted by Gasteiger charge is -2.16. The second-order valence-electron chi connectivity index (χ2n) is 5.59. The zero-order valence-corrected chi connectivity index (χ0v) is 12.3. The number of carbonyl (C=O) groups excluding carboxylic acids is 1. The standard InChI is InChI=1S/C18H19NO3/c20-13-15-10-18(21)19(12-15)11-14-6-8-17(9-7-14)22-16-4-2-1-3-5-16/h1-9,15,20H,10-13H2. The maximum absolute atomic E-state index is 11.8. The Balaban J connectivity index is 1.61. The third-order valence-corrected chi connectivity index (χ3v) is 3.83. The van der Waals surface area contributed by atoms with Gasteiger partial charge in [0.05, 0.1) is 0 Å². The van der Waals surface area contributed by atoms with Crippen LogP contribution in [0.15, 0.2) is 54.6 Å². The summed E-state index contributed by atoms with van der Waals surface area (Å²) >= 11 is 0. The quantitative estimate of drug-likeness (QED) is 0.923. The van der Waals surface area contributed by atoms with Crippen LogP contribution in [0.4, 0.5) is 0 Å². The van der Waals surface area contributed by atoms with Crippen molar-refractivity contribution in [2.45, 2.75) is 13.0 Å². The summed E-state index contributed by atoms with van der Waals surface area (Å²) in [6.07, 6.45) is 0.450. The lowest BCUT2D eigenvalue weighted by Crippen LogP contribution is -2.24. The summed E-state index contributed by atoms with van der Waals surface area (Å²) in [6.45, 7) is 1.30. The van der Waals surface area contributed by atoms with E-state index in [1.54, 1.807) is 4.90 Å². The van der Waals surface area contributed by atoms with E-state index < -0.39 is 0 Å². The highest BCUT2D eigenvalue weighted by atomic mass is 16.5. The minimum atomic E-state index is 0.0755. The zero-order chi connectivity index (χ0) is 15.4. The first kappa shape index (κ1) is 14.6. The van der Waals surface area contributed by atoms with Crippen LogP contribution < -0.4 is 4.74 Å². The van der Waals surface area contributed by atoms with Gasteiger partial charge >= 0.3 is 0 Å². The zero-order valence-electron chi connectivity index (χ0n) is 12.3. The fraction of sp³-hybridized carbons (Fsp3) is 0.278. The Morgan fingerprint density at radius 3 is 2.36 bits per heavy atom. The largest absolute Gasteiger partial charge is 0.457 e. The van der Waals surface area contributed by atoms with Gasteiger partial charge in [0.15, 0.2) is 0 Å². The third-order valence-electron chi connectivity index (χ3n) is 3.83. The van der Waals surface area contributed by atoms with Crippen LogP contribution in [0.3, 0.4) is 0 Å². The van der Waals surface area contributed by atoms with Crippen molar-refractivity contribution < 1.29 is 14.6 Å². The first-order chi connectivity index (χ1) is 10.7. The number of carbonyl (C=O) groups is 1. The average molecular weight is 297 g/mol. The molecule has 2 aromatic rings. The van der Waals surface area contributed by atoms with Gasteiger partial charge in [-0.25, -0.2) is 0 Å². The molecule has 1 N–H and O–H groups in total. The molecule has 4 heteroatoms. The Bertz CT molecular complexity index is 625. The minimum absolute atomic E-state index is 0.0755. The van der Waals surface area contributed by atoms with Crippen LogP contribution in [0.1, 0.15) is 12.0 Å². The number of ether oxygens (including phenoxy) is 1. The van der Waals surface area contributed by atoms with Crippen molar-refractivity contribution in [1.82, 2.24) is 4.90 Å². The molecule has 0 radical (unpaired) electrons. The number of aliphatic hydroxyl groups excluding tert-OH is 1. The van der Waals surface area contributed by atoms with Crippen LogP contribution in [0.5, 0.6) is 11.5 Å². The number of rotatable bonds is 5. The van der Waals surface area contributed by atoms with Crippen LogP contribution in [0, 0.1) is 5.92 Å². The van der Waals surface area contributed by atoms with Crippen molar-refractivity contribution in [3.8, 4) is 11.5 Å². The summed E-state index contributed by atoms with van der Waals surface area (Å²) in [4.78, 5) is 13.6. The van der Waals surface area contributed by atoms with Crippen LogP contribution in [0.25, 0.3) is 0 Å². The van der Waals surface area contributed by atoms with E-state index in [4.69, 9.17) is 9.84 Å². The van der Waals surface area contributed by atoms with Gasteiger partial charge in [-0.3, -0.25) is 4.79 Å². The molecule has 114 valence electrons. The smallest absolute Gasteiger partial charge is 0.223 e. The van der Waals surface area contributed by atoms with Gasteiger partial charge in [0, 0.05) is 32.0 Å². The SMILES string of the molecule is O=C1CC(CO)CN1Cc1ccc(Oc2ccccc2)cc1. The molecule has 1 aliphatic heterocycles. The molecule has 1 amide bonds. The number of benzene rings is 2. The Hall–Kier alpha value is -2.33. The fourth-order valence-corrected chi connectivity index (χ4v) is 2.64. The summed E-state index contributed by atoms with van der Waals surface area (Å²) in [5.74, 6) is 1.77. The Kier molecular flexibility index (Phi) is 4.39. The predicted octanol–water partition coefficient (Wildman–Crippen LogP) is 2.82. The Morgan fingerprint density at radius 1 is 1.05 bits per heavy atom. The molecule has 0 saturated carbocycles. The third kappa shape index (κ3) is 3.46. The molecule has 1 heterocycles. The second-order valence-corrected chi connectivity index (χ2v) is 5.59. The van der Waals surface area contributed by atoms with E-state index in [9.17, 15) is 4.79 Å². The van der Waals surface area contributed by atoms with E-state index in [0.29, 0.717) is 19.5 Å². The number of hydrogen-bond acceptors (Lipinski definition) is 3. The molecular formula is C18H19NO3. The number of para-hydroxylation sites is 1. The molecule has 3 rings (SSSR count). The number of aliphatic hydroxyl groups is 1. The molecule has 2 aromatic carbocycles. The number of likely N-dealkylation sites (tertiary alicyclic amines) is 1. The molecule has 1 aliphatic rings. The summed E-state index contributed by atoms with van der Waals surface area (Å²) in [5.41, 5.74) is 1.06. The Labute approximate surface area is 130 Å². The average Bonchev–Trinajstić information content (AvgIpc) is 2.90. The van der Waals surface area contributed by atoms with Crippen LogP contribution in [0.2, 0.25) is 0 Å². The molecular weight excluding hydrogens is 278 g/mol. The summed E-state index contributed by atoms with van der Waals surface area (Å²) in [5, 5.41) is 9.15. The lowest BCUT2D eigenvalue weighted by atomic mass is 10.1. The van der Waals surface area contributed by atoms with Crippen molar-refractivity contribution in [3.63, 3.8) is 0 Å². The molecule has 1 unspecified atom stereocenters. The maximum Gasteiger partial charge on any atom is 0.223 e. The summed E-state index contributed by atoms with van der Waals surface area (Å²) in [7, 11) is 0. The molecule has 1 atom stereocenters. The number of nitrogens with zero attached hydrogens (tertiary/aromatic N) is 1. The highest BCUT2D eigenvalue weighted by Gasteiger charge is 2.28. The molecule has 0 bridgehead atoms. The van der Waals surface area contributed by atoms with E-state index in [-0.39, 0.29) is 18.4 Å². The van der Waals surface area contributed by atoms with Gasteiger partial charge in [-0.2, -0.15) is 0 Å². The van der Waals surface area contributed by atoms with Gasteiger partial charge in [0.25, 0.3) is 0 Å². The van der Waals surface area contributed by atoms with Gasteiger partial charge in [-0.05, 0) is 29.8 Å². The monoisotopic (exact) mass is 297 g/mol. The second kappa shape index (κ2) is 6.62. The summed E-state index contributed by atoms with van der Waals surface area (Å²) in [6, 6.07) is 17.4. The van der Waals surface area contributed by atoms with E-state index in [0.717, 1.165) is 17.1 Å². The molecule has 0 spiro atoms. The van der Waals surface area contributed by atoms with Crippen LogP contribution in [-0.4, -0.2) is 29.1 Å². The van der Waals surface area contributed by atoms with Crippen molar-refractivity contribution in [1.29, 1.82) is 0 Å². The molecule has 1 fully saturated rings. The van der Waals surface area contributed by atoms with Crippen LogP contribution in [-0.2, 0) is 11.3 Å². The topological polar surface area (TPSA) is 49.8 Å². The summed E-state index contributed by atoms with van der Waals surface area (Å²) < 4.78 is 5.75. The predicted molar refractivity (Wildman–Crippen MR) is 83.6 cm³/mol. The maximum atomic E-state index is 11.8. The van der Waals surface area contributed by atoms with Gasteiger partial charge in [0.1, 0.15) is 11.5 Å². The van der Waals surface area contributed by atoms with Crippen molar-refractivity contribution in [3.05, 3.63) is 60.2 Å². The number of amides is 1. The van der Waals surface area contributed by atoms with Gasteiger partial charge < -0.3 is 14.7 Å². The molecule has 4 nitrogen and oxygen atoms in total. The first-order valence-electron chi connectivity index (χ1n) is 7.45. The Morgan fingerprint density at radius 2 is 1.73 bits per heavy atom. The van der Waals surface area contributed by atoms with Crippen molar-refractivity contribution in [2.75, 3.05) is 13.2 Å². The molecule has 22 heavy (non-hydrogen) atoms.